The Balaban J connectivity index is 0.00000264. The number of rotatable bonds is 7. The maximum absolute atomic E-state index is 6.13. The molecule has 2 rings (SSSR count). The van der Waals surface area contributed by atoms with Crippen molar-refractivity contribution in [1.82, 2.24) is 25.4 Å². The average Bonchev–Trinajstić information content (AvgIpc) is 3.05. The van der Waals surface area contributed by atoms with E-state index in [-0.39, 0.29) is 24.0 Å². The van der Waals surface area contributed by atoms with E-state index in [4.69, 9.17) is 11.6 Å². The van der Waals surface area contributed by atoms with Gasteiger partial charge in [-0.05, 0) is 24.5 Å². The van der Waals surface area contributed by atoms with Gasteiger partial charge in [0.1, 0.15) is 12.7 Å². The molecule has 0 aliphatic heterocycles. The lowest BCUT2D eigenvalue weighted by atomic mass is 10.2. The molecule has 0 saturated carbocycles. The Morgan fingerprint density at radius 1 is 1.17 bits per heavy atom. The lowest BCUT2D eigenvalue weighted by molar-refractivity contribution is 0.597. The number of benzene rings is 1. The SMILES string of the molecule is CN=C(NCCCCn1cnnc1)NCc1ccccc1Cl.I. The molecular weight excluding hydrogens is 427 g/mol. The van der Waals surface area contributed by atoms with Gasteiger partial charge in [-0.1, -0.05) is 29.8 Å². The van der Waals surface area contributed by atoms with Crippen LogP contribution in [0.4, 0.5) is 0 Å². The highest BCUT2D eigenvalue weighted by Crippen LogP contribution is 2.14. The van der Waals surface area contributed by atoms with Gasteiger partial charge in [0.15, 0.2) is 5.96 Å². The van der Waals surface area contributed by atoms with Crippen LogP contribution in [0.1, 0.15) is 18.4 Å². The molecule has 0 amide bonds. The van der Waals surface area contributed by atoms with Crippen molar-refractivity contribution < 1.29 is 0 Å². The largest absolute Gasteiger partial charge is 0.356 e. The average molecular weight is 449 g/mol. The molecule has 1 aromatic heterocycles. The summed E-state index contributed by atoms with van der Waals surface area (Å²) in [6.45, 7) is 2.45. The smallest absolute Gasteiger partial charge is 0.191 e. The maximum Gasteiger partial charge on any atom is 0.191 e. The van der Waals surface area contributed by atoms with E-state index in [9.17, 15) is 0 Å². The summed E-state index contributed by atoms with van der Waals surface area (Å²) in [4.78, 5) is 4.21. The van der Waals surface area contributed by atoms with Crippen LogP contribution in [-0.2, 0) is 13.1 Å². The summed E-state index contributed by atoms with van der Waals surface area (Å²) in [5.74, 6) is 0.782. The van der Waals surface area contributed by atoms with Gasteiger partial charge in [-0.2, -0.15) is 0 Å². The number of halogens is 2. The Morgan fingerprint density at radius 3 is 2.61 bits per heavy atom. The normalized spacial score (nSPS) is 11.0. The van der Waals surface area contributed by atoms with Crippen molar-refractivity contribution in [3.05, 3.63) is 47.5 Å². The fraction of sp³-hybridized carbons (Fsp3) is 0.400. The highest BCUT2D eigenvalue weighted by Gasteiger charge is 2.01. The van der Waals surface area contributed by atoms with Crippen LogP contribution in [0.3, 0.4) is 0 Å². The quantitative estimate of drug-likeness (QED) is 0.296. The summed E-state index contributed by atoms with van der Waals surface area (Å²) in [7, 11) is 1.76. The predicted octanol–water partition coefficient (Wildman–Crippen LogP) is 2.69. The Hall–Kier alpha value is -1.35. The molecule has 0 aliphatic carbocycles. The van der Waals surface area contributed by atoms with Gasteiger partial charge < -0.3 is 15.2 Å². The molecule has 1 aromatic carbocycles. The fourth-order valence-electron chi connectivity index (χ4n) is 2.01. The van der Waals surface area contributed by atoms with E-state index in [1.807, 2.05) is 28.8 Å². The van der Waals surface area contributed by atoms with Gasteiger partial charge in [-0.25, -0.2) is 0 Å². The van der Waals surface area contributed by atoms with Gasteiger partial charge in [-0.15, -0.1) is 34.2 Å². The second kappa shape index (κ2) is 11.2. The van der Waals surface area contributed by atoms with E-state index >= 15 is 0 Å². The molecule has 2 aromatic rings. The fourth-order valence-corrected chi connectivity index (χ4v) is 2.21. The molecule has 0 atom stereocenters. The zero-order chi connectivity index (χ0) is 15.6. The topological polar surface area (TPSA) is 67.1 Å². The number of nitrogens with zero attached hydrogens (tertiary/aromatic N) is 4. The van der Waals surface area contributed by atoms with Crippen LogP contribution in [0.25, 0.3) is 0 Å². The van der Waals surface area contributed by atoms with E-state index in [1.54, 1.807) is 19.7 Å². The summed E-state index contributed by atoms with van der Waals surface area (Å²) >= 11 is 6.13. The minimum absolute atomic E-state index is 0. The van der Waals surface area contributed by atoms with Gasteiger partial charge >= 0.3 is 0 Å². The molecule has 6 nitrogen and oxygen atoms in total. The van der Waals surface area contributed by atoms with E-state index in [2.05, 4.69) is 25.8 Å². The first-order valence-corrected chi connectivity index (χ1v) is 7.67. The van der Waals surface area contributed by atoms with Gasteiger partial charge in [0.25, 0.3) is 0 Å². The number of aryl methyl sites for hydroxylation is 1. The third-order valence-corrected chi connectivity index (χ3v) is 3.60. The molecule has 0 saturated heterocycles. The number of guanidine groups is 1. The lowest BCUT2D eigenvalue weighted by Crippen LogP contribution is -2.37. The number of unbranched alkanes of at least 4 members (excludes halogenated alkanes) is 1. The van der Waals surface area contributed by atoms with Crippen LogP contribution in [-0.4, -0.2) is 34.3 Å². The van der Waals surface area contributed by atoms with Crippen LogP contribution in [0.5, 0.6) is 0 Å². The molecule has 0 radical (unpaired) electrons. The third kappa shape index (κ3) is 7.17. The van der Waals surface area contributed by atoms with Gasteiger partial charge in [0, 0.05) is 31.7 Å². The van der Waals surface area contributed by atoms with Crippen LogP contribution in [0.15, 0.2) is 41.9 Å². The maximum atomic E-state index is 6.13. The number of hydrogen-bond acceptors (Lipinski definition) is 3. The second-order valence-electron chi connectivity index (χ2n) is 4.85. The summed E-state index contributed by atoms with van der Waals surface area (Å²) in [5, 5.41) is 14.9. The zero-order valence-corrected chi connectivity index (χ0v) is 16.2. The Labute approximate surface area is 158 Å². The standard InChI is InChI=1S/C15H21ClN6.HI/c1-17-15(19-10-13-6-2-3-7-14(13)16)18-8-4-5-9-22-11-20-21-12-22;/h2-3,6-7,11-12H,4-5,8-10H2,1H3,(H2,17,18,19);1H. The highest BCUT2D eigenvalue weighted by molar-refractivity contribution is 14.0. The lowest BCUT2D eigenvalue weighted by Gasteiger charge is -2.12. The number of aliphatic imine (C=N–C) groups is 1. The summed E-state index contributed by atoms with van der Waals surface area (Å²) < 4.78 is 1.98. The molecule has 126 valence electrons. The van der Waals surface area contributed by atoms with Crippen molar-refractivity contribution in [1.29, 1.82) is 0 Å². The molecule has 8 heteroatoms. The monoisotopic (exact) mass is 448 g/mol. The number of aromatic nitrogens is 3. The molecule has 0 unspecified atom stereocenters. The molecule has 23 heavy (non-hydrogen) atoms. The molecule has 0 spiro atoms. The molecule has 1 heterocycles. The molecule has 0 bridgehead atoms. The van der Waals surface area contributed by atoms with Gasteiger partial charge in [0.05, 0.1) is 0 Å². The first-order chi connectivity index (χ1) is 10.8. The van der Waals surface area contributed by atoms with Gasteiger partial charge in [-0.3, -0.25) is 4.99 Å². The van der Waals surface area contributed by atoms with Crippen molar-refractivity contribution in [3.8, 4) is 0 Å². The second-order valence-corrected chi connectivity index (χ2v) is 5.26. The van der Waals surface area contributed by atoms with Crippen LogP contribution >= 0.6 is 35.6 Å². The Kier molecular flexibility index (Phi) is 9.61. The van der Waals surface area contributed by atoms with E-state index in [0.29, 0.717) is 6.54 Å². The molecular formula is C15H22ClIN6. The minimum Gasteiger partial charge on any atom is -0.356 e. The number of hydrogen-bond donors (Lipinski definition) is 2. The van der Waals surface area contributed by atoms with Gasteiger partial charge in [0.2, 0.25) is 0 Å². The number of nitrogens with one attached hydrogen (secondary N) is 2. The van der Waals surface area contributed by atoms with Crippen LogP contribution in [0.2, 0.25) is 5.02 Å². The summed E-state index contributed by atoms with van der Waals surface area (Å²) in [5.41, 5.74) is 1.06. The predicted molar refractivity (Wildman–Crippen MR) is 104 cm³/mol. The zero-order valence-electron chi connectivity index (χ0n) is 13.1. The van der Waals surface area contributed by atoms with Crippen molar-refractivity contribution >= 4 is 41.5 Å². The Morgan fingerprint density at radius 2 is 1.91 bits per heavy atom. The highest BCUT2D eigenvalue weighted by atomic mass is 127. The summed E-state index contributed by atoms with van der Waals surface area (Å²) in [6.07, 6.45) is 5.58. The van der Waals surface area contributed by atoms with E-state index < -0.39 is 0 Å². The van der Waals surface area contributed by atoms with Crippen molar-refractivity contribution in [3.63, 3.8) is 0 Å². The van der Waals surface area contributed by atoms with Crippen LogP contribution in [0, 0.1) is 0 Å². The molecule has 0 aliphatic rings. The van der Waals surface area contributed by atoms with Crippen molar-refractivity contribution in [2.45, 2.75) is 25.9 Å². The first-order valence-electron chi connectivity index (χ1n) is 7.30. The van der Waals surface area contributed by atoms with E-state index in [1.165, 1.54) is 0 Å². The van der Waals surface area contributed by atoms with Crippen molar-refractivity contribution in [2.24, 2.45) is 4.99 Å². The van der Waals surface area contributed by atoms with E-state index in [0.717, 1.165) is 42.5 Å². The van der Waals surface area contributed by atoms with Crippen molar-refractivity contribution in [2.75, 3.05) is 13.6 Å². The molecule has 0 fully saturated rings. The Bertz CT molecular complexity index is 587. The molecule has 2 N–H and O–H groups in total. The summed E-state index contributed by atoms with van der Waals surface area (Å²) in [6, 6.07) is 7.79. The first kappa shape index (κ1) is 19.7. The third-order valence-electron chi connectivity index (χ3n) is 3.23. The van der Waals surface area contributed by atoms with Crippen LogP contribution < -0.4 is 10.6 Å². The minimum atomic E-state index is 0.